The summed E-state index contributed by atoms with van der Waals surface area (Å²) in [5.74, 6) is -0.0485. The number of hydrogen-bond acceptors (Lipinski definition) is 2. The van der Waals surface area contributed by atoms with Crippen LogP contribution in [0, 0.1) is 5.92 Å². The molecule has 1 aliphatic rings. The van der Waals surface area contributed by atoms with Gasteiger partial charge in [-0.05, 0) is 36.6 Å². The SMILES string of the molecule is O=C(c1ccc(OC(F)(F)F)cc1)N1CCC(CBr)C1. The van der Waals surface area contributed by atoms with E-state index in [1.807, 2.05) is 0 Å². The summed E-state index contributed by atoms with van der Waals surface area (Å²) in [6.07, 6.45) is -3.78. The van der Waals surface area contributed by atoms with Gasteiger partial charge in [0.05, 0.1) is 0 Å². The number of amides is 1. The molecular weight excluding hydrogens is 339 g/mol. The Morgan fingerprint density at radius 3 is 2.50 bits per heavy atom. The molecular formula is C13H13BrF3NO2. The molecule has 20 heavy (non-hydrogen) atoms. The summed E-state index contributed by atoms with van der Waals surface area (Å²) in [6, 6.07) is 5.01. The Morgan fingerprint density at radius 1 is 1.35 bits per heavy atom. The van der Waals surface area contributed by atoms with Crippen molar-refractivity contribution in [1.29, 1.82) is 0 Å². The molecule has 0 aliphatic carbocycles. The van der Waals surface area contributed by atoms with E-state index in [4.69, 9.17) is 0 Å². The summed E-state index contributed by atoms with van der Waals surface area (Å²) in [5, 5.41) is 0.842. The standard InChI is InChI=1S/C13H13BrF3NO2/c14-7-9-5-6-18(8-9)12(19)10-1-3-11(4-2-10)20-13(15,16)17/h1-4,9H,5-8H2. The second-order valence-electron chi connectivity index (χ2n) is 4.63. The molecule has 1 saturated heterocycles. The maximum absolute atomic E-state index is 12.2. The summed E-state index contributed by atoms with van der Waals surface area (Å²) < 4.78 is 39.8. The van der Waals surface area contributed by atoms with E-state index in [1.54, 1.807) is 4.90 Å². The molecule has 0 N–H and O–H groups in total. The minimum absolute atomic E-state index is 0.160. The highest BCUT2D eigenvalue weighted by Crippen LogP contribution is 2.24. The lowest BCUT2D eigenvalue weighted by Gasteiger charge is -2.16. The first kappa shape index (κ1) is 15.2. The van der Waals surface area contributed by atoms with E-state index in [-0.39, 0.29) is 11.7 Å². The van der Waals surface area contributed by atoms with Crippen molar-refractivity contribution in [2.45, 2.75) is 12.8 Å². The maximum atomic E-state index is 12.2. The normalized spacial score (nSPS) is 19.2. The monoisotopic (exact) mass is 351 g/mol. The molecule has 1 unspecified atom stereocenters. The summed E-state index contributed by atoms with van der Waals surface area (Å²) in [4.78, 5) is 13.9. The van der Waals surface area contributed by atoms with Gasteiger partial charge in [0.25, 0.3) is 5.91 Å². The van der Waals surface area contributed by atoms with Gasteiger partial charge in [-0.1, -0.05) is 15.9 Å². The molecule has 0 saturated carbocycles. The number of alkyl halides is 4. The lowest BCUT2D eigenvalue weighted by Crippen LogP contribution is -2.28. The predicted octanol–water partition coefficient (Wildman–Crippen LogP) is 3.44. The molecule has 1 aliphatic heterocycles. The molecule has 1 aromatic rings. The molecule has 0 spiro atoms. The zero-order valence-corrected chi connectivity index (χ0v) is 12.1. The maximum Gasteiger partial charge on any atom is 0.573 e. The third-order valence-electron chi connectivity index (χ3n) is 3.13. The average molecular weight is 352 g/mol. The second-order valence-corrected chi connectivity index (χ2v) is 5.28. The summed E-state index contributed by atoms with van der Waals surface area (Å²) in [6.45, 7) is 1.35. The van der Waals surface area contributed by atoms with Gasteiger partial charge in [0.1, 0.15) is 5.75 Å². The number of carbonyl (C=O) groups is 1. The molecule has 3 nitrogen and oxygen atoms in total. The van der Waals surface area contributed by atoms with Crippen LogP contribution in [0.4, 0.5) is 13.2 Å². The number of likely N-dealkylation sites (tertiary alicyclic amines) is 1. The molecule has 0 bridgehead atoms. The molecule has 110 valence electrons. The molecule has 0 radical (unpaired) electrons. The Morgan fingerprint density at radius 2 is 2.00 bits per heavy atom. The summed E-state index contributed by atoms with van der Waals surface area (Å²) in [5.41, 5.74) is 0.370. The van der Waals surface area contributed by atoms with Crippen LogP contribution >= 0.6 is 15.9 Å². The number of ether oxygens (including phenoxy) is 1. The van der Waals surface area contributed by atoms with Gasteiger partial charge in [-0.2, -0.15) is 0 Å². The van der Waals surface area contributed by atoms with Crippen LogP contribution in [0.1, 0.15) is 16.8 Å². The summed E-state index contributed by atoms with van der Waals surface area (Å²) in [7, 11) is 0. The van der Waals surface area contributed by atoms with Crippen molar-refractivity contribution in [3.05, 3.63) is 29.8 Å². The minimum atomic E-state index is -4.72. The zero-order chi connectivity index (χ0) is 14.8. The minimum Gasteiger partial charge on any atom is -0.406 e. The van der Waals surface area contributed by atoms with Gasteiger partial charge in [-0.25, -0.2) is 0 Å². The number of benzene rings is 1. The van der Waals surface area contributed by atoms with E-state index < -0.39 is 6.36 Å². The Kier molecular flexibility index (Phi) is 4.57. The van der Waals surface area contributed by atoms with Crippen LogP contribution in [-0.2, 0) is 0 Å². The molecule has 1 atom stereocenters. The van der Waals surface area contributed by atoms with Crippen LogP contribution in [0.2, 0.25) is 0 Å². The van der Waals surface area contributed by atoms with Gasteiger partial charge in [0.2, 0.25) is 0 Å². The van der Waals surface area contributed by atoms with Gasteiger partial charge in [-0.15, -0.1) is 13.2 Å². The average Bonchev–Trinajstić information content (AvgIpc) is 2.85. The fourth-order valence-corrected chi connectivity index (χ4v) is 2.65. The van der Waals surface area contributed by atoms with Crippen LogP contribution in [-0.4, -0.2) is 35.6 Å². The Balaban J connectivity index is 2.01. The van der Waals surface area contributed by atoms with Crippen LogP contribution in [0.15, 0.2) is 24.3 Å². The Hall–Kier alpha value is -1.24. The van der Waals surface area contributed by atoms with Gasteiger partial charge < -0.3 is 9.64 Å². The smallest absolute Gasteiger partial charge is 0.406 e. The van der Waals surface area contributed by atoms with Gasteiger partial charge >= 0.3 is 6.36 Å². The first-order chi connectivity index (χ1) is 9.39. The van der Waals surface area contributed by atoms with Gasteiger partial charge in [0.15, 0.2) is 0 Å². The Bertz CT molecular complexity index is 475. The summed E-state index contributed by atoms with van der Waals surface area (Å²) >= 11 is 3.39. The van der Waals surface area contributed by atoms with Crippen molar-refractivity contribution >= 4 is 21.8 Å². The van der Waals surface area contributed by atoms with Gasteiger partial charge in [0, 0.05) is 24.0 Å². The topological polar surface area (TPSA) is 29.5 Å². The van der Waals surface area contributed by atoms with E-state index in [0.717, 1.165) is 23.9 Å². The van der Waals surface area contributed by atoms with E-state index in [2.05, 4.69) is 20.7 Å². The van der Waals surface area contributed by atoms with Crippen molar-refractivity contribution in [3.63, 3.8) is 0 Å². The highest BCUT2D eigenvalue weighted by atomic mass is 79.9. The third kappa shape index (κ3) is 3.88. The van der Waals surface area contributed by atoms with Crippen LogP contribution < -0.4 is 4.74 Å². The van der Waals surface area contributed by atoms with E-state index in [1.165, 1.54) is 12.1 Å². The predicted molar refractivity (Wildman–Crippen MR) is 70.9 cm³/mol. The molecule has 2 rings (SSSR count). The van der Waals surface area contributed by atoms with Crippen molar-refractivity contribution in [2.24, 2.45) is 5.92 Å². The lowest BCUT2D eigenvalue weighted by molar-refractivity contribution is -0.274. The molecule has 0 aromatic heterocycles. The molecule has 1 aromatic carbocycles. The fourth-order valence-electron chi connectivity index (χ4n) is 2.12. The fraction of sp³-hybridized carbons (Fsp3) is 0.462. The molecule has 1 amide bonds. The van der Waals surface area contributed by atoms with E-state index in [0.29, 0.717) is 24.6 Å². The lowest BCUT2D eigenvalue weighted by atomic mass is 10.1. The molecule has 7 heteroatoms. The van der Waals surface area contributed by atoms with E-state index in [9.17, 15) is 18.0 Å². The highest BCUT2D eigenvalue weighted by molar-refractivity contribution is 9.09. The number of hydrogen-bond donors (Lipinski definition) is 0. The quantitative estimate of drug-likeness (QED) is 0.780. The van der Waals surface area contributed by atoms with Gasteiger partial charge in [-0.3, -0.25) is 4.79 Å². The van der Waals surface area contributed by atoms with Crippen molar-refractivity contribution < 1.29 is 22.7 Å². The number of nitrogens with zero attached hydrogens (tertiary/aromatic N) is 1. The number of halogens is 4. The zero-order valence-electron chi connectivity index (χ0n) is 10.5. The largest absolute Gasteiger partial charge is 0.573 e. The number of carbonyl (C=O) groups excluding carboxylic acids is 1. The van der Waals surface area contributed by atoms with Crippen molar-refractivity contribution in [2.75, 3.05) is 18.4 Å². The first-order valence-corrected chi connectivity index (χ1v) is 7.22. The van der Waals surface area contributed by atoms with E-state index >= 15 is 0 Å². The highest BCUT2D eigenvalue weighted by Gasteiger charge is 2.31. The van der Waals surface area contributed by atoms with Crippen LogP contribution in [0.25, 0.3) is 0 Å². The Labute approximate surface area is 122 Å². The van der Waals surface area contributed by atoms with Crippen LogP contribution in [0.5, 0.6) is 5.75 Å². The number of rotatable bonds is 3. The molecule has 1 fully saturated rings. The third-order valence-corrected chi connectivity index (χ3v) is 4.04. The second kappa shape index (κ2) is 6.03. The molecule has 1 heterocycles. The van der Waals surface area contributed by atoms with Crippen molar-refractivity contribution in [1.82, 2.24) is 4.90 Å². The van der Waals surface area contributed by atoms with Crippen molar-refractivity contribution in [3.8, 4) is 5.75 Å². The first-order valence-electron chi connectivity index (χ1n) is 6.10. The van der Waals surface area contributed by atoms with Crippen LogP contribution in [0.3, 0.4) is 0 Å².